The highest BCUT2D eigenvalue weighted by Gasteiger charge is 2.11. The third-order valence-corrected chi connectivity index (χ3v) is 3.16. The molecule has 1 aromatic heterocycles. The quantitative estimate of drug-likeness (QED) is 0.548. The Hall–Kier alpha value is -1.36. The van der Waals surface area contributed by atoms with Crippen LogP contribution >= 0.6 is 0 Å². The topological polar surface area (TPSA) is 94.1 Å². The molecule has 4 N–H and O–H groups in total. The summed E-state index contributed by atoms with van der Waals surface area (Å²) in [6, 6.07) is 3.25. The minimum atomic E-state index is -0.797. The van der Waals surface area contributed by atoms with Gasteiger partial charge in [-0.15, -0.1) is 5.73 Å². The van der Waals surface area contributed by atoms with E-state index in [-0.39, 0.29) is 19.1 Å². The van der Waals surface area contributed by atoms with Crippen LogP contribution in [0, 0.1) is 5.92 Å². The number of rotatable bonds is 8. The van der Waals surface area contributed by atoms with Gasteiger partial charge in [-0.25, -0.2) is 0 Å². The standard InChI is InChI=1S/C16H24O5/c1-11(2)12(8-13(19)9-17)4-3-5-15(20)16-7-6-14(10-18)21-16/h3,6-7,11,13,15,17-20H,5,8-10H2,1-2H3/t4?,13-,15-/m1/s1. The van der Waals surface area contributed by atoms with Crippen molar-refractivity contribution in [1.29, 1.82) is 0 Å². The molecule has 1 rings (SSSR count). The van der Waals surface area contributed by atoms with Gasteiger partial charge in [-0.2, -0.15) is 0 Å². The van der Waals surface area contributed by atoms with E-state index in [0.29, 0.717) is 24.4 Å². The van der Waals surface area contributed by atoms with Gasteiger partial charge in [0, 0.05) is 12.8 Å². The summed E-state index contributed by atoms with van der Waals surface area (Å²) in [6.45, 7) is 3.49. The number of aliphatic hydroxyl groups is 4. The van der Waals surface area contributed by atoms with E-state index in [9.17, 15) is 10.2 Å². The maximum Gasteiger partial charge on any atom is 0.133 e. The molecule has 0 spiro atoms. The van der Waals surface area contributed by atoms with E-state index in [1.165, 1.54) is 0 Å². The van der Waals surface area contributed by atoms with Crippen molar-refractivity contribution < 1.29 is 24.8 Å². The maximum atomic E-state index is 9.96. The van der Waals surface area contributed by atoms with Gasteiger partial charge in [-0.3, -0.25) is 0 Å². The van der Waals surface area contributed by atoms with Crippen molar-refractivity contribution >= 4 is 0 Å². The van der Waals surface area contributed by atoms with Gasteiger partial charge in [0.1, 0.15) is 24.2 Å². The molecule has 118 valence electrons. The van der Waals surface area contributed by atoms with E-state index in [0.717, 1.165) is 5.57 Å². The highest BCUT2D eigenvalue weighted by atomic mass is 16.4. The van der Waals surface area contributed by atoms with Crippen molar-refractivity contribution in [2.45, 2.75) is 45.5 Å². The average Bonchev–Trinajstić information content (AvgIpc) is 2.94. The molecule has 0 saturated heterocycles. The van der Waals surface area contributed by atoms with E-state index in [1.54, 1.807) is 18.2 Å². The Morgan fingerprint density at radius 1 is 1.29 bits per heavy atom. The lowest BCUT2D eigenvalue weighted by Gasteiger charge is -2.12. The fourth-order valence-electron chi connectivity index (χ4n) is 1.86. The minimum Gasteiger partial charge on any atom is -0.461 e. The van der Waals surface area contributed by atoms with Crippen LogP contribution in [0.2, 0.25) is 0 Å². The number of hydrogen-bond acceptors (Lipinski definition) is 5. The van der Waals surface area contributed by atoms with Crippen molar-refractivity contribution in [2.75, 3.05) is 6.61 Å². The maximum absolute atomic E-state index is 9.96. The van der Waals surface area contributed by atoms with Gasteiger partial charge in [0.15, 0.2) is 0 Å². The Balaban J connectivity index is 2.69. The lowest BCUT2D eigenvalue weighted by atomic mass is 9.98. The van der Waals surface area contributed by atoms with Crippen LogP contribution in [-0.4, -0.2) is 33.1 Å². The summed E-state index contributed by atoms with van der Waals surface area (Å²) < 4.78 is 5.25. The molecule has 1 heterocycles. The highest BCUT2D eigenvalue weighted by molar-refractivity contribution is 5.11. The monoisotopic (exact) mass is 296 g/mol. The molecule has 5 heteroatoms. The first kappa shape index (κ1) is 17.7. The lowest BCUT2D eigenvalue weighted by Crippen LogP contribution is -2.14. The molecule has 21 heavy (non-hydrogen) atoms. The molecule has 0 unspecified atom stereocenters. The Morgan fingerprint density at radius 3 is 2.52 bits per heavy atom. The van der Waals surface area contributed by atoms with Gasteiger partial charge in [-0.1, -0.05) is 13.8 Å². The lowest BCUT2D eigenvalue weighted by molar-refractivity contribution is 0.0939. The molecule has 0 fully saturated rings. The normalized spacial score (nSPS) is 13.9. The van der Waals surface area contributed by atoms with Gasteiger partial charge in [-0.05, 0) is 29.7 Å². The third-order valence-electron chi connectivity index (χ3n) is 3.16. The zero-order valence-electron chi connectivity index (χ0n) is 12.5. The number of hydrogen-bond donors (Lipinski definition) is 4. The Kier molecular flexibility index (Phi) is 7.43. The van der Waals surface area contributed by atoms with Crippen LogP contribution in [0.1, 0.15) is 44.3 Å². The molecular weight excluding hydrogens is 272 g/mol. The second-order valence-corrected chi connectivity index (χ2v) is 5.28. The smallest absolute Gasteiger partial charge is 0.133 e. The Bertz CT molecular complexity index is 483. The Labute approximate surface area is 124 Å². The van der Waals surface area contributed by atoms with Crippen molar-refractivity contribution in [3.05, 3.63) is 41.0 Å². The first-order chi connectivity index (χ1) is 9.97. The molecule has 0 saturated carbocycles. The van der Waals surface area contributed by atoms with E-state index in [2.05, 4.69) is 5.73 Å². The van der Waals surface area contributed by atoms with E-state index in [4.69, 9.17) is 14.6 Å². The van der Waals surface area contributed by atoms with E-state index in [1.807, 2.05) is 13.8 Å². The zero-order valence-corrected chi connectivity index (χ0v) is 12.5. The third kappa shape index (κ3) is 5.87. The van der Waals surface area contributed by atoms with Crippen LogP contribution in [0.5, 0.6) is 0 Å². The average molecular weight is 296 g/mol. The van der Waals surface area contributed by atoms with E-state index < -0.39 is 12.2 Å². The molecule has 5 nitrogen and oxygen atoms in total. The van der Waals surface area contributed by atoms with E-state index >= 15 is 0 Å². The van der Waals surface area contributed by atoms with Crippen LogP contribution in [0.25, 0.3) is 0 Å². The molecule has 1 aromatic rings. The summed E-state index contributed by atoms with van der Waals surface area (Å²) in [4.78, 5) is 0. The minimum absolute atomic E-state index is 0.195. The summed E-state index contributed by atoms with van der Waals surface area (Å²) in [5.74, 6) is 1.01. The fourth-order valence-corrected chi connectivity index (χ4v) is 1.86. The van der Waals surface area contributed by atoms with Crippen LogP contribution in [0.3, 0.4) is 0 Å². The molecule has 0 aliphatic rings. The summed E-state index contributed by atoms with van der Waals surface area (Å²) in [7, 11) is 0. The second kappa shape index (κ2) is 8.82. The Morgan fingerprint density at radius 2 is 2.00 bits per heavy atom. The van der Waals surface area contributed by atoms with Gasteiger partial charge >= 0.3 is 0 Å². The van der Waals surface area contributed by atoms with Crippen LogP contribution in [-0.2, 0) is 6.61 Å². The van der Waals surface area contributed by atoms with Crippen LogP contribution < -0.4 is 0 Å². The summed E-state index contributed by atoms with van der Waals surface area (Å²) in [5, 5.41) is 37.2. The molecule has 0 amide bonds. The van der Waals surface area contributed by atoms with Gasteiger partial charge in [0.25, 0.3) is 0 Å². The zero-order chi connectivity index (χ0) is 15.8. The SMILES string of the molecule is CC(C)C(=C=CC[C@@H](O)c1ccc(CO)o1)C[C@@H](O)CO. The number of furan rings is 1. The summed E-state index contributed by atoms with van der Waals surface area (Å²) in [5.41, 5.74) is 3.96. The van der Waals surface area contributed by atoms with Crippen molar-refractivity contribution in [1.82, 2.24) is 0 Å². The number of aliphatic hydroxyl groups excluding tert-OH is 4. The second-order valence-electron chi connectivity index (χ2n) is 5.28. The predicted molar refractivity (Wildman–Crippen MR) is 78.4 cm³/mol. The first-order valence-corrected chi connectivity index (χ1v) is 7.08. The highest BCUT2D eigenvalue weighted by Crippen LogP contribution is 2.20. The largest absolute Gasteiger partial charge is 0.461 e. The molecule has 0 aromatic carbocycles. The van der Waals surface area contributed by atoms with Crippen LogP contribution in [0.15, 0.2) is 33.9 Å². The first-order valence-electron chi connectivity index (χ1n) is 7.08. The fraction of sp³-hybridized carbons (Fsp3) is 0.562. The molecule has 0 aliphatic carbocycles. The molecule has 2 atom stereocenters. The van der Waals surface area contributed by atoms with Gasteiger partial charge in [0.05, 0.1) is 12.7 Å². The predicted octanol–water partition coefficient (Wildman–Crippen LogP) is 1.68. The molecule has 0 radical (unpaired) electrons. The van der Waals surface area contributed by atoms with Gasteiger partial charge < -0.3 is 24.8 Å². The summed E-state index contributed by atoms with van der Waals surface area (Å²) >= 11 is 0. The van der Waals surface area contributed by atoms with Crippen molar-refractivity contribution in [3.8, 4) is 0 Å². The molecule has 0 aliphatic heterocycles. The molecule has 0 bridgehead atoms. The van der Waals surface area contributed by atoms with Crippen molar-refractivity contribution in [2.24, 2.45) is 5.92 Å². The van der Waals surface area contributed by atoms with Gasteiger partial charge in [0.2, 0.25) is 0 Å². The summed E-state index contributed by atoms with van der Waals surface area (Å²) in [6.07, 6.45) is 0.796. The van der Waals surface area contributed by atoms with Crippen molar-refractivity contribution in [3.63, 3.8) is 0 Å². The van der Waals surface area contributed by atoms with Crippen LogP contribution in [0.4, 0.5) is 0 Å². The molecular formula is C16H24O5.